The van der Waals surface area contributed by atoms with Crippen LogP contribution in [0.15, 0.2) is 18.2 Å². The molecule has 5 nitrogen and oxygen atoms in total. The van der Waals surface area contributed by atoms with Crippen LogP contribution < -0.4 is 15.4 Å². The summed E-state index contributed by atoms with van der Waals surface area (Å²) in [5.74, 6) is 0.395. The van der Waals surface area contributed by atoms with Crippen LogP contribution in [-0.2, 0) is 4.79 Å². The first-order valence-electron chi connectivity index (χ1n) is 5.75. The molecule has 1 fully saturated rings. The molecule has 18 heavy (non-hydrogen) atoms. The zero-order valence-corrected chi connectivity index (χ0v) is 10.7. The predicted molar refractivity (Wildman–Crippen MR) is 66.5 cm³/mol. The van der Waals surface area contributed by atoms with Gasteiger partial charge in [-0.1, -0.05) is 18.2 Å². The van der Waals surface area contributed by atoms with E-state index in [1.54, 1.807) is 6.92 Å². The number of urea groups is 1. The van der Waals surface area contributed by atoms with Crippen LogP contribution in [0.3, 0.4) is 0 Å². The molecule has 3 amide bonds. The van der Waals surface area contributed by atoms with Gasteiger partial charge in [-0.2, -0.15) is 0 Å². The fourth-order valence-corrected chi connectivity index (χ4v) is 1.92. The third-order valence-corrected chi connectivity index (χ3v) is 3.03. The van der Waals surface area contributed by atoms with E-state index < -0.39 is 11.6 Å². The Morgan fingerprint density at radius 3 is 2.33 bits per heavy atom. The average molecular weight is 248 g/mol. The Bertz CT molecular complexity index is 493. The molecule has 1 heterocycles. The first-order chi connectivity index (χ1) is 8.42. The predicted octanol–water partition coefficient (Wildman–Crippen LogP) is 1.28. The van der Waals surface area contributed by atoms with Crippen molar-refractivity contribution in [3.8, 4) is 5.75 Å². The molecule has 0 aromatic heterocycles. The van der Waals surface area contributed by atoms with Crippen molar-refractivity contribution in [2.75, 3.05) is 6.61 Å². The van der Waals surface area contributed by atoms with E-state index in [1.807, 2.05) is 32.0 Å². The summed E-state index contributed by atoms with van der Waals surface area (Å²) in [5, 5.41) is 4.77. The molecule has 1 aliphatic rings. The second kappa shape index (κ2) is 4.33. The molecule has 0 saturated carbocycles. The van der Waals surface area contributed by atoms with Crippen LogP contribution in [0.5, 0.6) is 5.75 Å². The van der Waals surface area contributed by atoms with E-state index >= 15 is 0 Å². The zero-order chi connectivity index (χ0) is 13.3. The largest absolute Gasteiger partial charge is 0.490 e. The number of para-hydroxylation sites is 1. The number of amides is 3. The molecular formula is C13H16N2O3. The molecule has 0 radical (unpaired) electrons. The number of carbonyl (C=O) groups is 2. The van der Waals surface area contributed by atoms with Gasteiger partial charge in [0.2, 0.25) is 0 Å². The number of carbonyl (C=O) groups excluding carboxylic acids is 2. The lowest BCUT2D eigenvalue weighted by Crippen LogP contribution is -2.49. The molecule has 0 spiro atoms. The Balaban J connectivity index is 2.13. The van der Waals surface area contributed by atoms with Gasteiger partial charge in [-0.15, -0.1) is 0 Å². The minimum absolute atomic E-state index is 0.107. The number of hydrogen-bond donors (Lipinski definition) is 2. The SMILES string of the molecule is Cc1cccc(C)c1OC[C@]1(C)NC(=O)NC1=O. The van der Waals surface area contributed by atoms with Gasteiger partial charge in [-0.3, -0.25) is 10.1 Å². The Hall–Kier alpha value is -2.04. The Morgan fingerprint density at radius 1 is 1.22 bits per heavy atom. The highest BCUT2D eigenvalue weighted by molar-refractivity contribution is 6.06. The molecule has 1 aromatic rings. The summed E-state index contributed by atoms with van der Waals surface area (Å²) in [6, 6.07) is 5.35. The number of imide groups is 1. The molecule has 1 aliphatic heterocycles. The lowest BCUT2D eigenvalue weighted by atomic mass is 10.0. The normalized spacial score (nSPS) is 22.6. The van der Waals surface area contributed by atoms with E-state index in [1.165, 1.54) is 0 Å². The van der Waals surface area contributed by atoms with Crippen LogP contribution in [0.25, 0.3) is 0 Å². The Morgan fingerprint density at radius 2 is 1.83 bits per heavy atom. The first-order valence-corrected chi connectivity index (χ1v) is 5.75. The molecule has 5 heteroatoms. The molecule has 0 unspecified atom stereocenters. The van der Waals surface area contributed by atoms with Crippen LogP contribution in [0.2, 0.25) is 0 Å². The summed E-state index contributed by atoms with van der Waals surface area (Å²) < 4.78 is 5.70. The number of nitrogens with one attached hydrogen (secondary N) is 2. The standard InChI is InChI=1S/C13H16N2O3/c1-8-5-4-6-9(2)10(8)18-7-13(3)11(16)14-12(17)15-13/h4-6H,7H2,1-3H3,(H2,14,15,16,17)/t13-/m0/s1. The van der Waals surface area contributed by atoms with Gasteiger partial charge in [0.25, 0.3) is 5.91 Å². The van der Waals surface area contributed by atoms with Crippen molar-refractivity contribution < 1.29 is 14.3 Å². The van der Waals surface area contributed by atoms with Crippen molar-refractivity contribution in [1.29, 1.82) is 0 Å². The molecule has 2 rings (SSSR count). The maximum Gasteiger partial charge on any atom is 0.322 e. The van der Waals surface area contributed by atoms with Gasteiger partial charge in [0.15, 0.2) is 5.54 Å². The quantitative estimate of drug-likeness (QED) is 0.792. The number of benzene rings is 1. The fraction of sp³-hybridized carbons (Fsp3) is 0.385. The second-order valence-electron chi connectivity index (χ2n) is 4.75. The van der Waals surface area contributed by atoms with Gasteiger partial charge < -0.3 is 10.1 Å². The lowest BCUT2D eigenvalue weighted by Gasteiger charge is -2.22. The summed E-state index contributed by atoms with van der Waals surface area (Å²) in [4.78, 5) is 22.7. The van der Waals surface area contributed by atoms with E-state index in [2.05, 4.69) is 10.6 Å². The van der Waals surface area contributed by atoms with Crippen molar-refractivity contribution >= 4 is 11.9 Å². The van der Waals surface area contributed by atoms with E-state index in [0.29, 0.717) is 0 Å². The third-order valence-electron chi connectivity index (χ3n) is 3.03. The van der Waals surface area contributed by atoms with Crippen LogP contribution >= 0.6 is 0 Å². The lowest BCUT2D eigenvalue weighted by molar-refractivity contribution is -0.124. The van der Waals surface area contributed by atoms with Crippen molar-refractivity contribution in [2.45, 2.75) is 26.3 Å². The van der Waals surface area contributed by atoms with Gasteiger partial charge >= 0.3 is 6.03 Å². The highest BCUT2D eigenvalue weighted by Gasteiger charge is 2.42. The van der Waals surface area contributed by atoms with E-state index in [-0.39, 0.29) is 12.5 Å². The number of rotatable bonds is 3. The molecule has 2 N–H and O–H groups in total. The monoisotopic (exact) mass is 248 g/mol. The molecule has 1 aromatic carbocycles. The zero-order valence-electron chi connectivity index (χ0n) is 10.7. The van der Waals surface area contributed by atoms with Crippen molar-refractivity contribution in [3.05, 3.63) is 29.3 Å². The second-order valence-corrected chi connectivity index (χ2v) is 4.75. The molecule has 0 bridgehead atoms. The van der Waals surface area contributed by atoms with Crippen LogP contribution in [0.4, 0.5) is 4.79 Å². The van der Waals surface area contributed by atoms with Gasteiger partial charge in [-0.25, -0.2) is 4.79 Å². The van der Waals surface area contributed by atoms with Gasteiger partial charge in [0.1, 0.15) is 12.4 Å². The average Bonchev–Trinajstić information content (AvgIpc) is 2.52. The van der Waals surface area contributed by atoms with Crippen LogP contribution in [-0.4, -0.2) is 24.1 Å². The number of ether oxygens (including phenoxy) is 1. The minimum atomic E-state index is -1.01. The van der Waals surface area contributed by atoms with E-state index in [4.69, 9.17) is 4.74 Å². The third kappa shape index (κ3) is 2.16. The first kappa shape index (κ1) is 12.4. The van der Waals surface area contributed by atoms with Crippen LogP contribution in [0.1, 0.15) is 18.1 Å². The maximum atomic E-state index is 11.6. The smallest absolute Gasteiger partial charge is 0.322 e. The molecule has 1 saturated heterocycles. The topological polar surface area (TPSA) is 67.4 Å². The Kier molecular flexibility index (Phi) is 2.98. The van der Waals surface area contributed by atoms with Gasteiger partial charge in [0, 0.05) is 0 Å². The van der Waals surface area contributed by atoms with Crippen molar-refractivity contribution in [2.24, 2.45) is 0 Å². The highest BCUT2D eigenvalue weighted by atomic mass is 16.5. The van der Waals surface area contributed by atoms with Crippen LogP contribution in [0, 0.1) is 13.8 Å². The van der Waals surface area contributed by atoms with E-state index in [0.717, 1.165) is 16.9 Å². The molecule has 0 aliphatic carbocycles. The number of aryl methyl sites for hydroxylation is 2. The minimum Gasteiger partial charge on any atom is -0.490 e. The summed E-state index contributed by atoms with van der Waals surface area (Å²) in [5.41, 5.74) is 0.998. The highest BCUT2D eigenvalue weighted by Crippen LogP contribution is 2.24. The summed E-state index contributed by atoms with van der Waals surface area (Å²) in [6.45, 7) is 5.63. The van der Waals surface area contributed by atoms with E-state index in [9.17, 15) is 9.59 Å². The van der Waals surface area contributed by atoms with Gasteiger partial charge in [0.05, 0.1) is 0 Å². The molecule has 96 valence electrons. The number of hydrogen-bond acceptors (Lipinski definition) is 3. The summed E-state index contributed by atoms with van der Waals surface area (Å²) >= 11 is 0. The van der Waals surface area contributed by atoms with Gasteiger partial charge in [-0.05, 0) is 31.9 Å². The maximum absolute atomic E-state index is 11.6. The fourth-order valence-electron chi connectivity index (χ4n) is 1.92. The summed E-state index contributed by atoms with van der Waals surface area (Å²) in [7, 11) is 0. The van der Waals surface area contributed by atoms with Crippen molar-refractivity contribution in [3.63, 3.8) is 0 Å². The van der Waals surface area contributed by atoms with Crippen molar-refractivity contribution in [1.82, 2.24) is 10.6 Å². The molecular weight excluding hydrogens is 232 g/mol. The Labute approximate surface area is 106 Å². The molecule has 1 atom stereocenters. The summed E-state index contributed by atoms with van der Waals surface area (Å²) in [6.07, 6.45) is 0.